The quantitative estimate of drug-likeness (QED) is 0.626. The Hall–Kier alpha value is -2.36. The van der Waals surface area contributed by atoms with E-state index in [0.717, 1.165) is 0 Å². The van der Waals surface area contributed by atoms with Crippen molar-refractivity contribution in [3.8, 4) is 23.0 Å². The molecule has 0 aliphatic carbocycles. The van der Waals surface area contributed by atoms with Crippen LogP contribution in [0.4, 0.5) is 0 Å². The summed E-state index contributed by atoms with van der Waals surface area (Å²) < 4.78 is 0. The normalized spacial score (nSPS) is 11.5. The molecular formula is C15H16O4. The van der Waals surface area contributed by atoms with E-state index in [1.807, 2.05) is 13.8 Å². The van der Waals surface area contributed by atoms with Crippen molar-refractivity contribution in [1.29, 1.82) is 0 Å². The molecule has 2 aromatic rings. The van der Waals surface area contributed by atoms with Gasteiger partial charge in [-0.1, -0.05) is 38.1 Å². The van der Waals surface area contributed by atoms with Crippen LogP contribution in [0.3, 0.4) is 0 Å². The highest BCUT2D eigenvalue weighted by Gasteiger charge is 2.30. The molecule has 0 spiro atoms. The Morgan fingerprint density at radius 2 is 1.32 bits per heavy atom. The molecule has 4 N–H and O–H groups in total. The predicted octanol–water partition coefficient (Wildman–Crippen LogP) is 2.83. The van der Waals surface area contributed by atoms with E-state index in [1.165, 1.54) is 12.1 Å². The van der Waals surface area contributed by atoms with Gasteiger partial charge in [0, 0.05) is 16.5 Å². The van der Waals surface area contributed by atoms with Gasteiger partial charge in [0.05, 0.1) is 0 Å². The Labute approximate surface area is 111 Å². The number of phenols is 4. The third-order valence-electron chi connectivity index (χ3n) is 3.38. The van der Waals surface area contributed by atoms with Crippen LogP contribution in [0, 0.1) is 0 Å². The summed E-state index contributed by atoms with van der Waals surface area (Å²) in [5, 5.41) is 38.9. The molecule has 19 heavy (non-hydrogen) atoms. The van der Waals surface area contributed by atoms with Gasteiger partial charge in [0.2, 0.25) is 5.75 Å². The van der Waals surface area contributed by atoms with Crippen LogP contribution in [0.1, 0.15) is 25.0 Å². The second-order valence-corrected chi connectivity index (χ2v) is 4.97. The highest BCUT2D eigenvalue weighted by molar-refractivity contribution is 5.58. The Kier molecular flexibility index (Phi) is 3.02. The first kappa shape index (κ1) is 13.1. The van der Waals surface area contributed by atoms with Gasteiger partial charge < -0.3 is 20.4 Å². The second kappa shape index (κ2) is 4.39. The number of hydrogen-bond donors (Lipinski definition) is 4. The highest BCUT2D eigenvalue weighted by atomic mass is 16.3. The third kappa shape index (κ3) is 2.05. The van der Waals surface area contributed by atoms with Crippen LogP contribution >= 0.6 is 0 Å². The number of phenolic OH excluding ortho intramolecular Hbond substituents is 4. The molecule has 2 rings (SSSR count). The summed E-state index contributed by atoms with van der Waals surface area (Å²) in [7, 11) is 0. The smallest absolute Gasteiger partial charge is 0.200 e. The summed E-state index contributed by atoms with van der Waals surface area (Å²) in [4.78, 5) is 0. The number of para-hydroxylation sites is 1. The zero-order valence-corrected chi connectivity index (χ0v) is 10.8. The molecule has 0 radical (unpaired) electrons. The zero-order valence-electron chi connectivity index (χ0n) is 10.8. The maximum absolute atomic E-state index is 9.97. The van der Waals surface area contributed by atoms with Crippen molar-refractivity contribution in [3.63, 3.8) is 0 Å². The molecule has 4 nitrogen and oxygen atoms in total. The highest BCUT2D eigenvalue weighted by Crippen LogP contribution is 2.46. The van der Waals surface area contributed by atoms with E-state index in [2.05, 4.69) is 0 Å². The molecule has 0 atom stereocenters. The zero-order chi connectivity index (χ0) is 14.2. The maximum Gasteiger partial charge on any atom is 0.200 e. The number of benzene rings is 2. The van der Waals surface area contributed by atoms with Gasteiger partial charge in [0.1, 0.15) is 5.75 Å². The fourth-order valence-electron chi connectivity index (χ4n) is 2.22. The van der Waals surface area contributed by atoms with Crippen LogP contribution in [0.2, 0.25) is 0 Å². The molecule has 4 heteroatoms. The summed E-state index contributed by atoms with van der Waals surface area (Å²) >= 11 is 0. The van der Waals surface area contributed by atoms with Gasteiger partial charge in [-0.25, -0.2) is 0 Å². The van der Waals surface area contributed by atoms with E-state index in [0.29, 0.717) is 11.1 Å². The summed E-state index contributed by atoms with van der Waals surface area (Å²) in [5.74, 6) is -1.21. The molecule has 0 saturated heterocycles. The molecule has 0 bridgehead atoms. The fraction of sp³-hybridized carbons (Fsp3) is 0.200. The van der Waals surface area contributed by atoms with Gasteiger partial charge in [0.15, 0.2) is 11.5 Å². The van der Waals surface area contributed by atoms with E-state index in [-0.39, 0.29) is 17.2 Å². The average molecular weight is 260 g/mol. The third-order valence-corrected chi connectivity index (χ3v) is 3.38. The van der Waals surface area contributed by atoms with Gasteiger partial charge in [-0.3, -0.25) is 0 Å². The molecule has 0 fully saturated rings. The summed E-state index contributed by atoms with van der Waals surface area (Å²) in [6.45, 7) is 3.63. The number of aromatic hydroxyl groups is 4. The molecule has 2 aromatic carbocycles. The molecule has 0 aliphatic heterocycles. The van der Waals surface area contributed by atoms with Crippen LogP contribution in [0.15, 0.2) is 36.4 Å². The van der Waals surface area contributed by atoms with E-state index in [1.54, 1.807) is 24.3 Å². The molecule has 0 aliphatic rings. The summed E-state index contributed by atoms with van der Waals surface area (Å²) in [5.41, 5.74) is 0.320. The molecule has 0 heterocycles. The van der Waals surface area contributed by atoms with Gasteiger partial charge in [-0.2, -0.15) is 0 Å². The van der Waals surface area contributed by atoms with Crippen LogP contribution in [0.25, 0.3) is 0 Å². The Bertz CT molecular complexity index is 618. The second-order valence-electron chi connectivity index (χ2n) is 4.97. The van der Waals surface area contributed by atoms with E-state index in [9.17, 15) is 20.4 Å². The van der Waals surface area contributed by atoms with E-state index in [4.69, 9.17) is 0 Å². The van der Waals surface area contributed by atoms with Crippen molar-refractivity contribution < 1.29 is 20.4 Å². The molecule has 0 amide bonds. The number of rotatable bonds is 2. The lowest BCUT2D eigenvalue weighted by atomic mass is 9.77. The van der Waals surface area contributed by atoms with Crippen molar-refractivity contribution in [1.82, 2.24) is 0 Å². The average Bonchev–Trinajstić information content (AvgIpc) is 2.36. The molecular weight excluding hydrogens is 244 g/mol. The topological polar surface area (TPSA) is 80.9 Å². The Balaban J connectivity index is 2.64. The fourth-order valence-corrected chi connectivity index (χ4v) is 2.22. The summed E-state index contributed by atoms with van der Waals surface area (Å²) in [6.07, 6.45) is 0. The Morgan fingerprint density at radius 3 is 1.95 bits per heavy atom. The van der Waals surface area contributed by atoms with E-state index < -0.39 is 11.2 Å². The van der Waals surface area contributed by atoms with Crippen LogP contribution in [0.5, 0.6) is 23.0 Å². The van der Waals surface area contributed by atoms with Crippen molar-refractivity contribution in [2.75, 3.05) is 0 Å². The first-order chi connectivity index (χ1) is 8.85. The van der Waals surface area contributed by atoms with Gasteiger partial charge in [-0.05, 0) is 12.1 Å². The maximum atomic E-state index is 9.97. The molecule has 100 valence electrons. The van der Waals surface area contributed by atoms with Crippen molar-refractivity contribution in [3.05, 3.63) is 47.5 Å². The lowest BCUT2D eigenvalue weighted by Gasteiger charge is -2.27. The lowest BCUT2D eigenvalue weighted by Crippen LogP contribution is -2.19. The first-order valence-corrected chi connectivity index (χ1v) is 5.88. The minimum absolute atomic E-state index is 0.111. The van der Waals surface area contributed by atoms with Crippen LogP contribution in [-0.4, -0.2) is 20.4 Å². The monoisotopic (exact) mass is 260 g/mol. The lowest BCUT2D eigenvalue weighted by molar-refractivity contribution is 0.359. The minimum atomic E-state index is -0.722. The van der Waals surface area contributed by atoms with Gasteiger partial charge in [-0.15, -0.1) is 0 Å². The van der Waals surface area contributed by atoms with E-state index >= 15 is 0 Å². The standard InChI is InChI=1S/C15H16O4/c1-15(2,9-5-3-4-6-11(9)16)10-7-8-12(17)14(19)13(10)18/h3-8,16-19H,1-2H3. The SMILES string of the molecule is CC(C)(c1ccccc1O)c1ccc(O)c(O)c1O. The van der Waals surface area contributed by atoms with Crippen LogP contribution in [-0.2, 0) is 5.41 Å². The number of hydrogen-bond acceptors (Lipinski definition) is 4. The molecule has 0 saturated carbocycles. The largest absolute Gasteiger partial charge is 0.508 e. The predicted molar refractivity (Wildman–Crippen MR) is 71.7 cm³/mol. The minimum Gasteiger partial charge on any atom is -0.508 e. The van der Waals surface area contributed by atoms with Gasteiger partial charge >= 0.3 is 0 Å². The molecule has 0 aromatic heterocycles. The van der Waals surface area contributed by atoms with Crippen LogP contribution < -0.4 is 0 Å². The summed E-state index contributed by atoms with van der Waals surface area (Å²) in [6, 6.07) is 9.65. The van der Waals surface area contributed by atoms with Crippen molar-refractivity contribution in [2.45, 2.75) is 19.3 Å². The van der Waals surface area contributed by atoms with Crippen molar-refractivity contribution in [2.24, 2.45) is 0 Å². The van der Waals surface area contributed by atoms with Gasteiger partial charge in [0.25, 0.3) is 0 Å². The first-order valence-electron chi connectivity index (χ1n) is 5.88. The molecule has 0 unspecified atom stereocenters. The Morgan fingerprint density at radius 1 is 0.684 bits per heavy atom. The van der Waals surface area contributed by atoms with Crippen molar-refractivity contribution >= 4 is 0 Å².